The van der Waals surface area contributed by atoms with Crippen LogP contribution in [-0.2, 0) is 35.6 Å². The second kappa shape index (κ2) is 17.3. The van der Waals surface area contributed by atoms with Gasteiger partial charge in [-0.3, -0.25) is 14.6 Å². The number of rotatable bonds is 11. The van der Waals surface area contributed by atoms with E-state index in [4.69, 9.17) is 41.8 Å². The Labute approximate surface area is 362 Å². The van der Waals surface area contributed by atoms with Crippen LogP contribution in [-0.4, -0.2) is 56.4 Å². The topological polar surface area (TPSA) is 153 Å². The predicted octanol–water partition coefficient (Wildman–Crippen LogP) is 8.75. The van der Waals surface area contributed by atoms with Crippen LogP contribution >= 0.6 is 23.2 Å². The van der Waals surface area contributed by atoms with Gasteiger partial charge >= 0.3 is 5.97 Å². The number of carboxylic acid groups (broad SMARTS) is 1. The van der Waals surface area contributed by atoms with Crippen molar-refractivity contribution in [3.8, 4) is 28.4 Å². The molecule has 6 aromatic rings. The van der Waals surface area contributed by atoms with Crippen molar-refractivity contribution >= 4 is 41.0 Å². The molecule has 2 aromatic heterocycles. The second-order valence-corrected chi connectivity index (χ2v) is 16.1. The highest BCUT2D eigenvalue weighted by atomic mass is 35.5. The molecule has 0 bridgehead atoms. The summed E-state index contributed by atoms with van der Waals surface area (Å²) in [7, 11) is 0. The second-order valence-electron chi connectivity index (χ2n) is 15.3. The zero-order valence-electron chi connectivity index (χ0n) is 33.8. The summed E-state index contributed by atoms with van der Waals surface area (Å²) in [6.07, 6.45) is 1.46. The van der Waals surface area contributed by atoms with E-state index in [0.29, 0.717) is 45.6 Å². The number of pyridine rings is 1. The molecule has 4 heterocycles. The minimum atomic E-state index is -1.27. The fraction of sp³-hybridized carbons (Fsp3) is 0.255. The summed E-state index contributed by atoms with van der Waals surface area (Å²) in [5.74, 6) is -0.0459. The van der Waals surface area contributed by atoms with Gasteiger partial charge in [-0.2, -0.15) is 0 Å². The van der Waals surface area contributed by atoms with Crippen LogP contribution in [0.25, 0.3) is 11.1 Å². The number of halogens is 2. The molecule has 0 saturated carbocycles. The van der Waals surface area contributed by atoms with E-state index in [9.17, 15) is 19.5 Å². The van der Waals surface area contributed by atoms with Crippen molar-refractivity contribution in [1.82, 2.24) is 20.2 Å². The Balaban J connectivity index is 0.993. The minimum Gasteiger partial charge on any atom is -0.489 e. The number of aryl methyl sites for hydroxylation is 3. The van der Waals surface area contributed by atoms with E-state index >= 15 is 0 Å². The molecule has 0 fully saturated rings. The molecular weight excluding hydrogens is 819 g/mol. The molecule has 2 N–H and O–H groups in total. The quantitative estimate of drug-likeness (QED) is 0.129. The first-order chi connectivity index (χ1) is 29.3. The lowest BCUT2D eigenvalue weighted by molar-refractivity contribution is -0.142. The third kappa shape index (κ3) is 8.92. The number of aliphatic carboxylic acids is 1. The fourth-order valence-corrected chi connectivity index (χ4v) is 8.00. The number of aromatic nitrogens is 2. The number of carbonyl (C=O) groups is 3. The maximum Gasteiger partial charge on any atom is 0.326 e. The zero-order chi connectivity index (χ0) is 42.9. The lowest BCUT2D eigenvalue weighted by Gasteiger charge is -2.37. The van der Waals surface area contributed by atoms with Crippen LogP contribution in [0.3, 0.4) is 0 Å². The molecule has 4 aromatic carbocycles. The Morgan fingerprint density at radius 1 is 0.902 bits per heavy atom. The molecule has 0 saturated heterocycles. The number of oxazole rings is 1. The van der Waals surface area contributed by atoms with Crippen LogP contribution in [0.4, 0.5) is 0 Å². The highest BCUT2D eigenvalue weighted by Crippen LogP contribution is 2.41. The van der Waals surface area contributed by atoms with Gasteiger partial charge in [-0.15, -0.1) is 0 Å². The minimum absolute atomic E-state index is 0.0247. The summed E-state index contributed by atoms with van der Waals surface area (Å²) < 4.78 is 24.2. The molecule has 2 amide bonds. The van der Waals surface area contributed by atoms with Crippen molar-refractivity contribution in [1.29, 1.82) is 0 Å². The monoisotopic (exact) mass is 860 g/mol. The lowest BCUT2D eigenvalue weighted by atomic mass is 9.91. The Bertz CT molecular complexity index is 2650. The largest absolute Gasteiger partial charge is 0.489 e. The third-order valence-corrected chi connectivity index (χ3v) is 11.9. The van der Waals surface area contributed by atoms with E-state index in [2.05, 4.69) is 15.3 Å². The molecule has 2 aliphatic heterocycles. The predicted molar refractivity (Wildman–Crippen MR) is 228 cm³/mol. The Morgan fingerprint density at radius 3 is 2.34 bits per heavy atom. The molecule has 12 nitrogen and oxygen atoms in total. The maximum atomic E-state index is 14.2. The van der Waals surface area contributed by atoms with E-state index < -0.39 is 36.0 Å². The lowest BCUT2D eigenvalue weighted by Crippen LogP contribution is -2.56. The van der Waals surface area contributed by atoms with Crippen molar-refractivity contribution in [3.63, 3.8) is 0 Å². The molecule has 0 spiro atoms. The van der Waals surface area contributed by atoms with Gasteiger partial charge in [0.05, 0.1) is 10.0 Å². The number of carbonyl (C=O) groups excluding carboxylic acids is 2. The van der Waals surface area contributed by atoms with Gasteiger partial charge in [0.15, 0.2) is 29.2 Å². The molecule has 14 heteroatoms. The van der Waals surface area contributed by atoms with Gasteiger partial charge in [0.25, 0.3) is 5.91 Å². The first kappa shape index (κ1) is 41.4. The van der Waals surface area contributed by atoms with Crippen LogP contribution in [0, 0.1) is 27.7 Å². The number of benzene rings is 4. The third-order valence-electron chi connectivity index (χ3n) is 11.1. The average molecular weight is 862 g/mol. The number of hydrogen-bond acceptors (Lipinski definition) is 9. The normalized spacial score (nSPS) is 16.1. The van der Waals surface area contributed by atoms with E-state index in [1.807, 2.05) is 86.6 Å². The smallest absolute Gasteiger partial charge is 0.326 e. The summed E-state index contributed by atoms with van der Waals surface area (Å²) in [4.78, 5) is 51.1. The van der Waals surface area contributed by atoms with Crippen molar-refractivity contribution in [2.75, 3.05) is 6.61 Å². The molecule has 0 unspecified atom stereocenters. The van der Waals surface area contributed by atoms with Crippen LogP contribution < -0.4 is 19.5 Å². The van der Waals surface area contributed by atoms with Crippen molar-refractivity contribution in [2.45, 2.75) is 71.9 Å². The Morgan fingerprint density at radius 2 is 1.64 bits per heavy atom. The number of ether oxygens (including phenoxy) is 3. The van der Waals surface area contributed by atoms with E-state index in [1.54, 1.807) is 32.2 Å². The molecule has 0 aliphatic carbocycles. The molecular formula is C47H42Cl2N4O8. The SMILES string of the molecule is Cc1nc(C(=O)N2Cc3cc4c(cc3C[C@H]2C(=O)N[C@@H](Cc2ccc(-c3ccnc(C)c3C)cc2)C(=O)O)OC[C@@H](c2ccc(OCc3ccc(Cl)c(Cl)c3)cc2)O4)c(C)o1. The molecule has 61 heavy (non-hydrogen) atoms. The fourth-order valence-electron chi connectivity index (χ4n) is 7.68. The molecule has 3 atom stereocenters. The van der Waals surface area contributed by atoms with Crippen LogP contribution in [0.15, 0.2) is 95.5 Å². The van der Waals surface area contributed by atoms with Gasteiger partial charge in [-0.05, 0) is 108 Å². The first-order valence-electron chi connectivity index (χ1n) is 19.7. The van der Waals surface area contributed by atoms with Crippen LogP contribution in [0.2, 0.25) is 10.0 Å². The van der Waals surface area contributed by atoms with E-state index in [-0.39, 0.29) is 31.7 Å². The molecule has 2 aliphatic rings. The summed E-state index contributed by atoms with van der Waals surface area (Å²) in [5.41, 5.74) is 8.08. The van der Waals surface area contributed by atoms with E-state index in [1.165, 1.54) is 4.90 Å². The number of carboxylic acids is 1. The Hall–Kier alpha value is -6.37. The number of fused-ring (bicyclic) bond motifs is 2. The average Bonchev–Trinajstić information content (AvgIpc) is 3.60. The summed E-state index contributed by atoms with van der Waals surface area (Å²) in [6, 6.07) is 23.8. The number of amides is 2. The van der Waals surface area contributed by atoms with Gasteiger partial charge < -0.3 is 34.0 Å². The highest BCUT2D eigenvalue weighted by Gasteiger charge is 2.39. The molecule has 312 valence electrons. The van der Waals surface area contributed by atoms with Gasteiger partial charge in [-0.25, -0.2) is 9.78 Å². The van der Waals surface area contributed by atoms with Gasteiger partial charge in [0.1, 0.15) is 36.8 Å². The van der Waals surface area contributed by atoms with Gasteiger partial charge in [0.2, 0.25) is 5.91 Å². The summed E-state index contributed by atoms with van der Waals surface area (Å²) in [6.45, 7) is 7.82. The van der Waals surface area contributed by atoms with Crippen molar-refractivity contribution in [3.05, 3.63) is 158 Å². The highest BCUT2D eigenvalue weighted by molar-refractivity contribution is 6.42. The number of hydrogen-bond donors (Lipinski definition) is 2. The van der Waals surface area contributed by atoms with Crippen molar-refractivity contribution in [2.24, 2.45) is 0 Å². The number of nitrogens with one attached hydrogen (secondary N) is 1. The number of nitrogens with zero attached hydrogens (tertiary/aromatic N) is 3. The van der Waals surface area contributed by atoms with Crippen LogP contribution in [0.5, 0.6) is 17.2 Å². The standard InChI is InChI=1S/C47H42Cl2N4O8/c1-25-26(2)50-16-15-36(25)31-8-5-29(6-9-31)18-39(47(56)57)52-45(54)40-19-33-20-41-42(21-34(33)22-53(40)46(55)44-27(3)60-28(4)51-44)61-43(24-59-41)32-10-12-35(13-11-32)58-23-30-7-14-37(48)38(49)17-30/h5-17,20-21,39-40,43H,18-19,22-24H2,1-4H3,(H,52,54)(H,56,57)/t39-,40-,43-/m0/s1. The molecule has 8 rings (SSSR count). The van der Waals surface area contributed by atoms with Crippen LogP contribution in [0.1, 0.15) is 67.3 Å². The van der Waals surface area contributed by atoms with Gasteiger partial charge in [-0.1, -0.05) is 65.7 Å². The Kier molecular flexibility index (Phi) is 11.7. The zero-order valence-corrected chi connectivity index (χ0v) is 35.3. The molecule has 0 radical (unpaired) electrons. The maximum absolute atomic E-state index is 14.2. The first-order valence-corrected chi connectivity index (χ1v) is 20.5. The van der Waals surface area contributed by atoms with E-state index in [0.717, 1.165) is 50.2 Å². The van der Waals surface area contributed by atoms with Gasteiger partial charge in [0, 0.05) is 38.2 Å². The summed E-state index contributed by atoms with van der Waals surface area (Å²) in [5, 5.41) is 14.0. The van der Waals surface area contributed by atoms with Crippen molar-refractivity contribution < 1.29 is 38.1 Å². The summed E-state index contributed by atoms with van der Waals surface area (Å²) >= 11 is 12.2.